The van der Waals surface area contributed by atoms with Crippen molar-refractivity contribution in [2.45, 2.75) is 95.4 Å². The summed E-state index contributed by atoms with van der Waals surface area (Å²) >= 11 is 0. The molecule has 0 saturated carbocycles. The van der Waals surface area contributed by atoms with E-state index in [9.17, 15) is 35.2 Å². The van der Waals surface area contributed by atoms with Crippen LogP contribution in [0.25, 0.3) is 0 Å². The van der Waals surface area contributed by atoms with Gasteiger partial charge in [-0.25, -0.2) is 0 Å². The van der Waals surface area contributed by atoms with Crippen molar-refractivity contribution in [3.05, 3.63) is 32.4 Å². The summed E-state index contributed by atoms with van der Waals surface area (Å²) in [6.07, 6.45) is 6.44. The Hall–Kier alpha value is -1.87. The molecule has 0 bridgehead atoms. The van der Waals surface area contributed by atoms with Crippen molar-refractivity contribution in [1.82, 2.24) is 0 Å². The van der Waals surface area contributed by atoms with Crippen molar-refractivity contribution in [1.29, 1.82) is 0 Å². The van der Waals surface area contributed by atoms with Gasteiger partial charge in [-0.15, -0.1) is 0 Å². The van der Waals surface area contributed by atoms with E-state index in [0.29, 0.717) is 12.8 Å². The Morgan fingerprint density at radius 2 is 1.44 bits per heavy atom. The maximum absolute atomic E-state index is 11.3. The van der Waals surface area contributed by atoms with Crippen LogP contribution in [0.5, 0.6) is 0 Å². The Labute approximate surface area is 159 Å². The van der Waals surface area contributed by atoms with Crippen LogP contribution in [0, 0.1) is 20.2 Å². The Kier molecular flexibility index (Phi) is 14.2. The van der Waals surface area contributed by atoms with Crippen LogP contribution in [-0.4, -0.2) is 50.6 Å². The molecule has 0 heterocycles. The van der Waals surface area contributed by atoms with E-state index in [1.165, 1.54) is 0 Å². The van der Waals surface area contributed by atoms with E-state index in [1.54, 1.807) is 12.2 Å². The summed E-state index contributed by atoms with van der Waals surface area (Å²) in [5.41, 5.74) is 0. The summed E-state index contributed by atoms with van der Waals surface area (Å²) in [5.74, 6) is 0. The summed E-state index contributed by atoms with van der Waals surface area (Å²) in [5, 5.41) is 42.7. The second-order valence-electron chi connectivity index (χ2n) is 6.70. The van der Waals surface area contributed by atoms with Crippen molar-refractivity contribution in [3.63, 3.8) is 0 Å². The van der Waals surface area contributed by atoms with Crippen LogP contribution in [0.3, 0.4) is 0 Å². The second-order valence-corrected chi connectivity index (χ2v) is 6.70. The molecule has 27 heavy (non-hydrogen) atoms. The number of unbranched alkanes of at least 4 members (excludes halogenated alkanes) is 5. The number of allylic oxidation sites excluding steroid dienone is 1. The SMILES string of the molecule is CC/C=C\CC(O)C(CC(C(O)CCCCCCCC=O)[N+](=O)[O-])[N+](=O)[O-]. The lowest BCUT2D eigenvalue weighted by Crippen LogP contribution is -2.43. The first-order valence-electron chi connectivity index (χ1n) is 9.56. The molecule has 0 aromatic rings. The van der Waals surface area contributed by atoms with Gasteiger partial charge >= 0.3 is 0 Å². The molecule has 0 saturated heterocycles. The topological polar surface area (TPSA) is 144 Å². The normalized spacial score (nSPS) is 16.0. The molecule has 0 radical (unpaired) electrons. The van der Waals surface area contributed by atoms with Gasteiger partial charge in [0, 0.05) is 16.3 Å². The monoisotopic (exact) mass is 388 g/mol. The number of carbonyl (C=O) groups is 1. The van der Waals surface area contributed by atoms with Gasteiger partial charge in [0.05, 0.1) is 6.42 Å². The third-order valence-corrected chi connectivity index (χ3v) is 4.51. The molecule has 9 nitrogen and oxygen atoms in total. The zero-order valence-corrected chi connectivity index (χ0v) is 15.9. The summed E-state index contributed by atoms with van der Waals surface area (Å²) in [4.78, 5) is 31.3. The Morgan fingerprint density at radius 1 is 0.889 bits per heavy atom. The number of hydrogen-bond donors (Lipinski definition) is 2. The highest BCUT2D eigenvalue weighted by Gasteiger charge is 2.40. The highest BCUT2D eigenvalue weighted by Crippen LogP contribution is 2.19. The molecule has 4 unspecified atom stereocenters. The molecule has 0 aromatic heterocycles. The zero-order valence-electron chi connectivity index (χ0n) is 15.9. The molecular formula is C18H32N2O7. The minimum atomic E-state index is -1.50. The maximum atomic E-state index is 11.3. The van der Waals surface area contributed by atoms with E-state index in [0.717, 1.165) is 38.4 Å². The first-order chi connectivity index (χ1) is 12.8. The van der Waals surface area contributed by atoms with Crippen molar-refractivity contribution >= 4 is 6.29 Å². The molecule has 156 valence electrons. The molecule has 0 amide bonds. The van der Waals surface area contributed by atoms with Crippen molar-refractivity contribution in [2.75, 3.05) is 0 Å². The molecule has 0 aliphatic heterocycles. The molecule has 0 aliphatic rings. The number of nitrogens with zero attached hydrogens (tertiary/aromatic N) is 2. The fraction of sp³-hybridized carbons (Fsp3) is 0.833. The predicted molar refractivity (Wildman–Crippen MR) is 101 cm³/mol. The fourth-order valence-electron chi connectivity index (χ4n) is 2.88. The number of aliphatic hydroxyl groups is 2. The molecule has 0 aromatic carbocycles. The lowest BCUT2D eigenvalue weighted by molar-refractivity contribution is -0.573. The van der Waals surface area contributed by atoms with Crippen molar-refractivity contribution in [3.8, 4) is 0 Å². The molecule has 4 atom stereocenters. The largest absolute Gasteiger partial charge is 0.386 e. The number of carbonyl (C=O) groups excluding carboxylic acids is 1. The molecule has 0 fully saturated rings. The van der Waals surface area contributed by atoms with Gasteiger partial charge in [-0.3, -0.25) is 20.2 Å². The van der Waals surface area contributed by atoms with Gasteiger partial charge in [0.1, 0.15) is 18.5 Å². The Bertz CT molecular complexity index is 471. The quantitative estimate of drug-likeness (QED) is 0.128. The summed E-state index contributed by atoms with van der Waals surface area (Å²) in [7, 11) is 0. The maximum Gasteiger partial charge on any atom is 0.245 e. The summed E-state index contributed by atoms with van der Waals surface area (Å²) in [6, 6.07) is -2.99. The van der Waals surface area contributed by atoms with E-state index in [1.807, 2.05) is 6.92 Å². The molecule has 2 N–H and O–H groups in total. The standard InChI is InChI=1S/C18H32N2O7/c1-2-3-8-11-17(22)15(19(24)25)14-16(20(26)27)18(23)12-9-6-4-5-7-10-13-21/h3,8,13,15-18,22-23H,2,4-7,9-12,14H2,1H3/b8-3-. The minimum Gasteiger partial charge on any atom is -0.386 e. The fourth-order valence-corrected chi connectivity index (χ4v) is 2.88. The lowest BCUT2D eigenvalue weighted by Gasteiger charge is -2.20. The second kappa shape index (κ2) is 15.2. The van der Waals surface area contributed by atoms with Crippen LogP contribution in [0.2, 0.25) is 0 Å². The highest BCUT2D eigenvalue weighted by molar-refractivity contribution is 5.48. The van der Waals surface area contributed by atoms with Gasteiger partial charge in [-0.05, 0) is 25.7 Å². The van der Waals surface area contributed by atoms with Gasteiger partial charge in [-0.2, -0.15) is 0 Å². The number of aldehydes is 1. The average molecular weight is 388 g/mol. The number of aliphatic hydroxyl groups excluding tert-OH is 2. The van der Waals surface area contributed by atoms with Gasteiger partial charge in [0.15, 0.2) is 0 Å². The predicted octanol–water partition coefficient (Wildman–Crippen LogP) is 2.67. The van der Waals surface area contributed by atoms with Crippen LogP contribution in [0.15, 0.2) is 12.2 Å². The first kappa shape index (κ1) is 25.1. The molecule has 0 spiro atoms. The van der Waals surface area contributed by atoms with Crippen LogP contribution in [-0.2, 0) is 4.79 Å². The smallest absolute Gasteiger partial charge is 0.245 e. The number of rotatable bonds is 17. The Morgan fingerprint density at radius 3 is 2.00 bits per heavy atom. The van der Waals surface area contributed by atoms with Gasteiger partial charge < -0.3 is 15.0 Å². The lowest BCUT2D eigenvalue weighted by atomic mass is 9.94. The van der Waals surface area contributed by atoms with Crippen LogP contribution in [0.4, 0.5) is 0 Å². The van der Waals surface area contributed by atoms with Crippen LogP contribution < -0.4 is 0 Å². The number of hydrogen-bond acceptors (Lipinski definition) is 7. The van der Waals surface area contributed by atoms with E-state index in [4.69, 9.17) is 0 Å². The van der Waals surface area contributed by atoms with Crippen LogP contribution >= 0.6 is 0 Å². The van der Waals surface area contributed by atoms with E-state index < -0.39 is 40.6 Å². The highest BCUT2D eigenvalue weighted by atomic mass is 16.6. The van der Waals surface area contributed by atoms with E-state index in [-0.39, 0.29) is 12.8 Å². The van der Waals surface area contributed by atoms with Gasteiger partial charge in [0.2, 0.25) is 12.1 Å². The third kappa shape index (κ3) is 11.4. The van der Waals surface area contributed by atoms with Crippen LogP contribution in [0.1, 0.15) is 71.1 Å². The van der Waals surface area contributed by atoms with Gasteiger partial charge in [0.25, 0.3) is 0 Å². The molecule has 9 heteroatoms. The van der Waals surface area contributed by atoms with Crippen molar-refractivity contribution in [2.24, 2.45) is 0 Å². The summed E-state index contributed by atoms with van der Waals surface area (Å²) in [6.45, 7) is 1.88. The van der Waals surface area contributed by atoms with E-state index >= 15 is 0 Å². The first-order valence-corrected chi connectivity index (χ1v) is 9.56. The molecule has 0 aliphatic carbocycles. The molecular weight excluding hydrogens is 356 g/mol. The summed E-state index contributed by atoms with van der Waals surface area (Å²) < 4.78 is 0. The average Bonchev–Trinajstić information content (AvgIpc) is 2.60. The minimum absolute atomic E-state index is 0.0425. The molecule has 0 rings (SSSR count). The third-order valence-electron chi connectivity index (χ3n) is 4.51. The van der Waals surface area contributed by atoms with Crippen molar-refractivity contribution < 1.29 is 24.9 Å². The Balaban J connectivity index is 4.59. The van der Waals surface area contributed by atoms with Gasteiger partial charge in [-0.1, -0.05) is 44.8 Å². The number of nitro groups is 2. The van der Waals surface area contributed by atoms with E-state index in [2.05, 4.69) is 0 Å². The zero-order chi connectivity index (χ0) is 20.7.